The first kappa shape index (κ1) is 23.0. The van der Waals surface area contributed by atoms with E-state index >= 15 is 0 Å². The van der Waals surface area contributed by atoms with Gasteiger partial charge in [0.05, 0.1) is 21.2 Å². The Bertz CT molecular complexity index is 1250. The van der Waals surface area contributed by atoms with Gasteiger partial charge in [-0.15, -0.1) is 0 Å². The lowest BCUT2D eigenvalue weighted by Crippen LogP contribution is -2.28. The fraction of sp³-hybridized carbons (Fsp3) is 0.200. The molecule has 6 nitrogen and oxygen atoms in total. The van der Waals surface area contributed by atoms with Crippen molar-refractivity contribution in [2.45, 2.75) is 32.2 Å². The van der Waals surface area contributed by atoms with E-state index in [9.17, 15) is 9.59 Å². The highest BCUT2D eigenvalue weighted by Gasteiger charge is 2.33. The smallest absolute Gasteiger partial charge is 0.341 e. The minimum Gasteiger partial charge on any atom is -0.430 e. The Morgan fingerprint density at radius 1 is 0.848 bits per heavy atom. The van der Waals surface area contributed by atoms with Crippen molar-refractivity contribution < 1.29 is 19.1 Å². The molecule has 2 atom stereocenters. The summed E-state index contributed by atoms with van der Waals surface area (Å²) in [7, 11) is 0. The average Bonchev–Trinajstić information content (AvgIpc) is 3.37. The summed E-state index contributed by atoms with van der Waals surface area (Å²) in [5.74, 6) is -1.29. The maximum absolute atomic E-state index is 13.4. The van der Waals surface area contributed by atoms with Crippen molar-refractivity contribution in [1.29, 1.82) is 0 Å². The van der Waals surface area contributed by atoms with Crippen LogP contribution in [-0.2, 0) is 9.47 Å². The molecule has 2 unspecified atom stereocenters. The second-order valence-electron chi connectivity index (χ2n) is 7.97. The van der Waals surface area contributed by atoms with Crippen molar-refractivity contribution >= 4 is 47.6 Å². The van der Waals surface area contributed by atoms with Crippen LogP contribution in [0.5, 0.6) is 0 Å². The molecule has 0 aliphatic carbocycles. The first-order valence-corrected chi connectivity index (χ1v) is 10.9. The highest BCUT2D eigenvalue weighted by Crippen LogP contribution is 2.36. The minimum atomic E-state index is -1.13. The van der Waals surface area contributed by atoms with Gasteiger partial charge in [-0.1, -0.05) is 35.3 Å². The lowest BCUT2D eigenvalue weighted by molar-refractivity contribution is 0.0150. The van der Waals surface area contributed by atoms with Crippen LogP contribution in [0.15, 0.2) is 64.6 Å². The van der Waals surface area contributed by atoms with Crippen LogP contribution in [0.2, 0.25) is 10.0 Å². The summed E-state index contributed by atoms with van der Waals surface area (Å²) in [6.45, 7) is 5.09. The zero-order valence-electron chi connectivity index (χ0n) is 18.1. The van der Waals surface area contributed by atoms with Crippen molar-refractivity contribution in [1.82, 2.24) is 0 Å². The fourth-order valence-electron chi connectivity index (χ4n) is 3.60. The zero-order valence-corrected chi connectivity index (χ0v) is 19.6. The normalized spacial score (nSPS) is 22.7. The summed E-state index contributed by atoms with van der Waals surface area (Å²) in [5, 5.41) is 0.622. The average molecular weight is 483 g/mol. The van der Waals surface area contributed by atoms with E-state index in [1.165, 1.54) is 0 Å². The lowest BCUT2D eigenvalue weighted by Gasteiger charge is -2.24. The number of allylic oxidation sites excluding steroid dienone is 2. The third-order valence-electron chi connectivity index (χ3n) is 5.29. The molecule has 0 radical (unpaired) electrons. The third-order valence-corrected chi connectivity index (χ3v) is 6.03. The molecule has 0 bridgehead atoms. The number of hydrogen-bond donors (Lipinski definition) is 0. The molecule has 2 aliphatic rings. The van der Waals surface area contributed by atoms with Gasteiger partial charge < -0.3 is 9.47 Å². The number of carbonyl (C=O) groups excluding carboxylic acids is 2. The summed E-state index contributed by atoms with van der Waals surface area (Å²) >= 11 is 12.4. The van der Waals surface area contributed by atoms with E-state index in [4.69, 9.17) is 32.7 Å². The Labute approximate surface area is 201 Å². The molecule has 33 heavy (non-hydrogen) atoms. The topological polar surface area (TPSA) is 77.3 Å². The van der Waals surface area contributed by atoms with Gasteiger partial charge in [0.2, 0.25) is 11.4 Å². The monoisotopic (exact) mass is 482 g/mol. The van der Waals surface area contributed by atoms with E-state index in [1.807, 2.05) is 0 Å². The van der Waals surface area contributed by atoms with Gasteiger partial charge in [-0.3, -0.25) is 0 Å². The molecule has 8 heteroatoms. The van der Waals surface area contributed by atoms with Crippen molar-refractivity contribution in [3.05, 3.63) is 81.4 Å². The molecule has 2 aromatic rings. The fourth-order valence-corrected chi connectivity index (χ4v) is 3.90. The quantitative estimate of drug-likeness (QED) is 0.489. The number of benzene rings is 2. The molecular weight excluding hydrogens is 463 g/mol. The minimum absolute atomic E-state index is 0.165. The molecule has 0 aromatic heterocycles. The number of nitrogens with zero attached hydrogens (tertiary/aromatic N) is 2. The predicted octanol–water partition coefficient (Wildman–Crippen LogP) is 6.00. The van der Waals surface area contributed by atoms with Crippen LogP contribution in [0.1, 0.15) is 40.1 Å². The molecule has 0 fully saturated rings. The Morgan fingerprint density at radius 3 is 2.00 bits per heavy atom. The van der Waals surface area contributed by atoms with Gasteiger partial charge in [0.25, 0.3) is 0 Å². The van der Waals surface area contributed by atoms with Crippen LogP contribution >= 0.6 is 23.2 Å². The van der Waals surface area contributed by atoms with Gasteiger partial charge in [-0.05, 0) is 60.6 Å². The summed E-state index contributed by atoms with van der Waals surface area (Å²) in [6.07, 6.45) is 9.85. The van der Waals surface area contributed by atoms with Crippen molar-refractivity contribution in [2.75, 3.05) is 0 Å². The first-order chi connectivity index (χ1) is 15.6. The van der Waals surface area contributed by atoms with Gasteiger partial charge in [0, 0.05) is 31.8 Å². The van der Waals surface area contributed by atoms with E-state index in [1.54, 1.807) is 87.8 Å². The summed E-state index contributed by atoms with van der Waals surface area (Å²) < 4.78 is 11.4. The highest BCUT2D eigenvalue weighted by molar-refractivity contribution is 6.42. The van der Waals surface area contributed by atoms with E-state index in [0.29, 0.717) is 21.7 Å². The number of rotatable bonds is 5. The Kier molecular flexibility index (Phi) is 5.99. The summed E-state index contributed by atoms with van der Waals surface area (Å²) in [4.78, 5) is 35.0. The first-order valence-electron chi connectivity index (χ1n) is 10.1. The van der Waals surface area contributed by atoms with Crippen LogP contribution in [0.25, 0.3) is 11.1 Å². The highest BCUT2D eigenvalue weighted by atomic mass is 35.5. The Balaban J connectivity index is 1.86. The van der Waals surface area contributed by atoms with Gasteiger partial charge >= 0.3 is 11.9 Å². The third kappa shape index (κ3) is 4.63. The molecule has 0 N–H and O–H groups in total. The van der Waals surface area contributed by atoms with E-state index in [2.05, 4.69) is 9.98 Å². The van der Waals surface area contributed by atoms with Gasteiger partial charge in [-0.25, -0.2) is 19.6 Å². The van der Waals surface area contributed by atoms with Crippen LogP contribution < -0.4 is 0 Å². The van der Waals surface area contributed by atoms with Crippen molar-refractivity contribution in [2.24, 2.45) is 9.98 Å². The van der Waals surface area contributed by atoms with Crippen LogP contribution in [0.3, 0.4) is 0 Å². The number of halogens is 2. The molecular formula is C25H20Cl2N2O4. The van der Waals surface area contributed by atoms with E-state index in [0.717, 1.165) is 0 Å². The van der Waals surface area contributed by atoms with Crippen molar-refractivity contribution in [3.63, 3.8) is 0 Å². The zero-order chi connectivity index (χ0) is 23.8. The summed E-state index contributed by atoms with van der Waals surface area (Å²) in [6, 6.07) is 8.15. The largest absolute Gasteiger partial charge is 0.430 e. The SMILES string of the molecule is Cc1ccc(C(=O)OC2(C)C=CC=N2)c(-c2ccc(Cl)c(Cl)c2)c1C(=O)OC1(C)C=CC=N1. The number of aliphatic imine (C=N–C) groups is 2. The van der Waals surface area contributed by atoms with Crippen LogP contribution in [0.4, 0.5) is 0 Å². The second-order valence-corrected chi connectivity index (χ2v) is 8.79. The Morgan fingerprint density at radius 2 is 1.45 bits per heavy atom. The number of ether oxygens (including phenoxy) is 2. The number of aryl methyl sites for hydroxylation is 1. The maximum Gasteiger partial charge on any atom is 0.341 e. The standard InChI is InChI=1S/C25H20Cl2N2O4/c1-15-6-8-17(22(30)32-24(2)10-4-12-28-24)21(16-7-9-18(26)19(27)14-16)20(15)23(31)33-25(3)11-5-13-29-25/h4-14H,1-3H3. The van der Waals surface area contributed by atoms with E-state index < -0.39 is 23.4 Å². The maximum atomic E-state index is 13.4. The van der Waals surface area contributed by atoms with Gasteiger partial charge in [0.1, 0.15) is 0 Å². The molecule has 4 rings (SSSR count). The molecule has 2 aliphatic heterocycles. The molecule has 168 valence electrons. The van der Waals surface area contributed by atoms with Gasteiger partial charge in [-0.2, -0.15) is 0 Å². The summed E-state index contributed by atoms with van der Waals surface area (Å²) in [5.41, 5.74) is -0.447. The van der Waals surface area contributed by atoms with Crippen LogP contribution in [-0.4, -0.2) is 35.8 Å². The molecule has 2 heterocycles. The Hall–Kier alpha value is -3.22. The van der Waals surface area contributed by atoms with E-state index in [-0.39, 0.29) is 16.1 Å². The number of carbonyl (C=O) groups is 2. The van der Waals surface area contributed by atoms with Crippen molar-refractivity contribution in [3.8, 4) is 11.1 Å². The molecule has 2 aromatic carbocycles. The van der Waals surface area contributed by atoms with Gasteiger partial charge in [0.15, 0.2) is 0 Å². The molecule has 0 saturated heterocycles. The second kappa shape index (κ2) is 8.61. The molecule has 0 spiro atoms. The molecule has 0 amide bonds. The van der Waals surface area contributed by atoms with Crippen LogP contribution in [0, 0.1) is 6.92 Å². The molecule has 0 saturated carbocycles. The number of hydrogen-bond acceptors (Lipinski definition) is 6. The predicted molar refractivity (Wildman–Crippen MR) is 130 cm³/mol. The number of esters is 2. The lowest BCUT2D eigenvalue weighted by atomic mass is 9.91.